The van der Waals surface area contributed by atoms with Crippen LogP contribution in [0.4, 0.5) is 0 Å². The minimum Gasteiger partial charge on any atom is -0.488 e. The highest BCUT2D eigenvalue weighted by Crippen LogP contribution is 2.33. The zero-order valence-electron chi connectivity index (χ0n) is 13.2. The van der Waals surface area contributed by atoms with Crippen molar-refractivity contribution < 1.29 is 4.74 Å². The molecule has 0 spiro atoms. The quantitative estimate of drug-likeness (QED) is 0.805. The van der Waals surface area contributed by atoms with Crippen LogP contribution in [0.25, 0.3) is 10.8 Å². The van der Waals surface area contributed by atoms with E-state index in [2.05, 4.69) is 79.3 Å². The van der Waals surface area contributed by atoms with Gasteiger partial charge in [0.2, 0.25) is 0 Å². The monoisotopic (exact) mass is 349 g/mol. The summed E-state index contributed by atoms with van der Waals surface area (Å²) in [5, 5.41) is 5.92. The van der Waals surface area contributed by atoms with Crippen molar-refractivity contribution in [1.29, 1.82) is 0 Å². The van der Waals surface area contributed by atoms with Crippen LogP contribution in [0, 0.1) is 0 Å². The third-order valence-corrected chi connectivity index (χ3v) is 4.25. The van der Waals surface area contributed by atoms with E-state index in [4.69, 9.17) is 4.74 Å². The predicted octanol–water partition coefficient (Wildman–Crippen LogP) is 5.15. The van der Waals surface area contributed by atoms with Gasteiger partial charge in [-0.1, -0.05) is 37.3 Å². The van der Waals surface area contributed by atoms with E-state index in [0.29, 0.717) is 0 Å². The number of benzene rings is 2. The number of ether oxygens (including phenoxy) is 1. The van der Waals surface area contributed by atoms with E-state index in [-0.39, 0.29) is 11.6 Å². The molecule has 0 bridgehead atoms. The van der Waals surface area contributed by atoms with Gasteiger partial charge in [0, 0.05) is 12.1 Å². The van der Waals surface area contributed by atoms with E-state index >= 15 is 0 Å². The van der Waals surface area contributed by atoms with E-state index < -0.39 is 0 Å². The smallest absolute Gasteiger partial charge is 0.134 e. The fourth-order valence-electron chi connectivity index (χ4n) is 2.17. The van der Waals surface area contributed by atoms with Gasteiger partial charge in [-0.2, -0.15) is 0 Å². The Labute approximate surface area is 136 Å². The Morgan fingerprint density at radius 3 is 2.52 bits per heavy atom. The fourth-order valence-corrected chi connectivity index (χ4v) is 2.76. The summed E-state index contributed by atoms with van der Waals surface area (Å²) in [6.45, 7) is 9.52. The average molecular weight is 350 g/mol. The lowest BCUT2D eigenvalue weighted by molar-refractivity contribution is 0.180. The molecule has 2 nitrogen and oxygen atoms in total. The third kappa shape index (κ3) is 4.45. The zero-order chi connectivity index (χ0) is 15.5. The topological polar surface area (TPSA) is 21.3 Å². The molecule has 0 saturated carbocycles. The molecule has 2 rings (SSSR count). The summed E-state index contributed by atoms with van der Waals surface area (Å²) >= 11 is 3.68. The molecular weight excluding hydrogens is 326 g/mol. The summed E-state index contributed by atoms with van der Waals surface area (Å²) in [6, 6.07) is 12.5. The Hall–Kier alpha value is -1.06. The summed E-state index contributed by atoms with van der Waals surface area (Å²) in [7, 11) is 0. The number of halogens is 1. The molecule has 0 amide bonds. The largest absolute Gasteiger partial charge is 0.488 e. The van der Waals surface area contributed by atoms with Crippen LogP contribution in [-0.2, 0) is 0 Å². The van der Waals surface area contributed by atoms with E-state index in [9.17, 15) is 0 Å². The first-order valence-electron chi connectivity index (χ1n) is 7.49. The maximum atomic E-state index is 6.19. The van der Waals surface area contributed by atoms with Gasteiger partial charge in [0.05, 0.1) is 4.47 Å². The molecular formula is C18H24BrNO. The first-order chi connectivity index (χ1) is 9.90. The number of nitrogens with one attached hydrogen (secondary N) is 1. The van der Waals surface area contributed by atoms with Crippen LogP contribution in [0.5, 0.6) is 5.75 Å². The summed E-state index contributed by atoms with van der Waals surface area (Å²) in [5.41, 5.74) is 0.109. The second-order valence-corrected chi connectivity index (χ2v) is 7.17. The Bertz CT molecular complexity index is 604. The van der Waals surface area contributed by atoms with Gasteiger partial charge < -0.3 is 10.1 Å². The maximum Gasteiger partial charge on any atom is 0.134 e. The lowest BCUT2D eigenvalue weighted by Crippen LogP contribution is -2.42. The van der Waals surface area contributed by atoms with Crippen molar-refractivity contribution in [3.8, 4) is 5.75 Å². The van der Waals surface area contributed by atoms with Gasteiger partial charge in [0.25, 0.3) is 0 Å². The molecule has 0 aromatic heterocycles. The van der Waals surface area contributed by atoms with E-state index in [0.717, 1.165) is 23.2 Å². The van der Waals surface area contributed by atoms with Crippen molar-refractivity contribution in [2.45, 2.75) is 45.8 Å². The van der Waals surface area contributed by atoms with Crippen LogP contribution in [-0.4, -0.2) is 18.2 Å². The molecule has 0 saturated heterocycles. The number of rotatable bonds is 5. The Morgan fingerprint density at radius 2 is 1.86 bits per heavy atom. The second kappa shape index (κ2) is 6.80. The summed E-state index contributed by atoms with van der Waals surface area (Å²) in [4.78, 5) is 0. The summed E-state index contributed by atoms with van der Waals surface area (Å²) < 4.78 is 7.23. The number of hydrogen-bond donors (Lipinski definition) is 1. The third-order valence-electron chi connectivity index (χ3n) is 3.44. The van der Waals surface area contributed by atoms with Crippen LogP contribution in [0.1, 0.15) is 34.1 Å². The zero-order valence-corrected chi connectivity index (χ0v) is 14.8. The SMILES string of the molecule is CCC(CNC(C)(C)C)Oc1ccc2ccccc2c1Br. The maximum absolute atomic E-state index is 6.19. The standard InChI is InChI=1S/C18H24BrNO/c1-5-14(12-20-18(2,3)4)21-16-11-10-13-8-6-7-9-15(13)17(16)19/h6-11,14,20H,5,12H2,1-4H3. The number of hydrogen-bond acceptors (Lipinski definition) is 2. The molecule has 2 aromatic carbocycles. The highest BCUT2D eigenvalue weighted by Gasteiger charge is 2.15. The van der Waals surface area contributed by atoms with Crippen LogP contribution >= 0.6 is 15.9 Å². The van der Waals surface area contributed by atoms with E-state index in [1.807, 2.05) is 6.07 Å². The van der Waals surface area contributed by atoms with Crippen molar-refractivity contribution in [3.63, 3.8) is 0 Å². The Morgan fingerprint density at radius 1 is 1.14 bits per heavy atom. The molecule has 114 valence electrons. The van der Waals surface area contributed by atoms with Gasteiger partial charge in [0.15, 0.2) is 0 Å². The van der Waals surface area contributed by atoms with Crippen LogP contribution < -0.4 is 10.1 Å². The molecule has 1 N–H and O–H groups in total. The van der Waals surface area contributed by atoms with Crippen molar-refractivity contribution in [3.05, 3.63) is 40.9 Å². The fraction of sp³-hybridized carbons (Fsp3) is 0.444. The number of fused-ring (bicyclic) bond motifs is 1. The highest BCUT2D eigenvalue weighted by atomic mass is 79.9. The van der Waals surface area contributed by atoms with E-state index in [1.165, 1.54) is 10.8 Å². The van der Waals surface area contributed by atoms with Gasteiger partial charge in [-0.05, 0) is 60.0 Å². The molecule has 0 radical (unpaired) electrons. The normalized spacial score (nSPS) is 13.4. The minimum absolute atomic E-state index is 0.109. The van der Waals surface area contributed by atoms with Gasteiger partial charge in [-0.15, -0.1) is 0 Å². The molecule has 0 aliphatic rings. The van der Waals surface area contributed by atoms with Crippen LogP contribution in [0.2, 0.25) is 0 Å². The van der Waals surface area contributed by atoms with Crippen LogP contribution in [0.15, 0.2) is 40.9 Å². The lowest BCUT2D eigenvalue weighted by Gasteiger charge is -2.26. The van der Waals surface area contributed by atoms with E-state index in [1.54, 1.807) is 0 Å². The Kier molecular flexibility index (Phi) is 5.28. The first-order valence-corrected chi connectivity index (χ1v) is 8.29. The van der Waals surface area contributed by atoms with Crippen molar-refractivity contribution >= 4 is 26.7 Å². The Balaban J connectivity index is 2.16. The molecule has 1 unspecified atom stereocenters. The van der Waals surface area contributed by atoms with Crippen molar-refractivity contribution in [1.82, 2.24) is 5.32 Å². The van der Waals surface area contributed by atoms with Gasteiger partial charge in [-0.3, -0.25) is 0 Å². The predicted molar refractivity (Wildman–Crippen MR) is 94.1 cm³/mol. The second-order valence-electron chi connectivity index (χ2n) is 6.38. The molecule has 3 heteroatoms. The molecule has 0 aliphatic carbocycles. The molecule has 0 heterocycles. The summed E-state index contributed by atoms with van der Waals surface area (Å²) in [6.07, 6.45) is 1.14. The lowest BCUT2D eigenvalue weighted by atomic mass is 10.1. The van der Waals surface area contributed by atoms with Crippen LogP contribution in [0.3, 0.4) is 0 Å². The van der Waals surface area contributed by atoms with Crippen molar-refractivity contribution in [2.75, 3.05) is 6.54 Å². The first kappa shape index (κ1) is 16.3. The molecule has 2 aromatic rings. The van der Waals surface area contributed by atoms with Gasteiger partial charge >= 0.3 is 0 Å². The minimum atomic E-state index is 0.109. The van der Waals surface area contributed by atoms with Crippen molar-refractivity contribution in [2.24, 2.45) is 0 Å². The molecule has 1 atom stereocenters. The molecule has 0 aliphatic heterocycles. The molecule has 21 heavy (non-hydrogen) atoms. The summed E-state index contributed by atoms with van der Waals surface area (Å²) in [5.74, 6) is 0.913. The van der Waals surface area contributed by atoms with Gasteiger partial charge in [0.1, 0.15) is 11.9 Å². The highest BCUT2D eigenvalue weighted by molar-refractivity contribution is 9.10. The average Bonchev–Trinajstić information content (AvgIpc) is 2.45. The molecule has 0 fully saturated rings. The van der Waals surface area contributed by atoms with Gasteiger partial charge in [-0.25, -0.2) is 0 Å².